The molecule has 0 aromatic heterocycles. The molecule has 6 heteroatoms. The SMILES string of the molecule is N#Cc1c(C2=CCCC2)ccc(N)c1S(N)(=O)=O. The molecule has 2 rings (SSSR count). The van der Waals surface area contributed by atoms with Crippen LogP contribution in [-0.4, -0.2) is 8.42 Å². The van der Waals surface area contributed by atoms with Gasteiger partial charge < -0.3 is 5.73 Å². The Hall–Kier alpha value is -1.84. The van der Waals surface area contributed by atoms with Gasteiger partial charge in [-0.1, -0.05) is 12.1 Å². The maximum Gasteiger partial charge on any atom is 0.241 e. The van der Waals surface area contributed by atoms with Crippen LogP contribution < -0.4 is 10.9 Å². The number of hydrogen-bond acceptors (Lipinski definition) is 4. The molecular weight excluding hydrogens is 250 g/mol. The number of nitrogens with two attached hydrogens (primary N) is 2. The number of nitrogens with zero attached hydrogens (tertiary/aromatic N) is 1. The predicted molar refractivity (Wildman–Crippen MR) is 68.8 cm³/mol. The summed E-state index contributed by atoms with van der Waals surface area (Å²) < 4.78 is 23.1. The summed E-state index contributed by atoms with van der Waals surface area (Å²) in [6.07, 6.45) is 4.80. The van der Waals surface area contributed by atoms with E-state index in [1.54, 1.807) is 6.07 Å². The molecule has 0 fully saturated rings. The number of hydrogen-bond donors (Lipinski definition) is 2. The average molecular weight is 263 g/mol. The Morgan fingerprint density at radius 1 is 1.33 bits per heavy atom. The van der Waals surface area contributed by atoms with Gasteiger partial charge in [0.2, 0.25) is 10.0 Å². The van der Waals surface area contributed by atoms with Gasteiger partial charge in [-0.2, -0.15) is 5.26 Å². The molecule has 1 aromatic carbocycles. The molecule has 0 unspecified atom stereocenters. The lowest BCUT2D eigenvalue weighted by atomic mass is 9.99. The van der Waals surface area contributed by atoms with Crippen molar-refractivity contribution in [2.75, 3.05) is 5.73 Å². The summed E-state index contributed by atoms with van der Waals surface area (Å²) in [5, 5.41) is 14.3. The van der Waals surface area contributed by atoms with Crippen molar-refractivity contribution >= 4 is 21.3 Å². The smallest absolute Gasteiger partial charge is 0.241 e. The van der Waals surface area contributed by atoms with Gasteiger partial charge in [0.15, 0.2) is 0 Å². The molecule has 0 bridgehead atoms. The Labute approximate surface area is 106 Å². The molecule has 1 aromatic rings. The summed E-state index contributed by atoms with van der Waals surface area (Å²) in [4.78, 5) is -0.268. The molecule has 5 nitrogen and oxygen atoms in total. The zero-order valence-corrected chi connectivity index (χ0v) is 10.5. The molecule has 18 heavy (non-hydrogen) atoms. The highest BCUT2D eigenvalue weighted by Crippen LogP contribution is 2.34. The van der Waals surface area contributed by atoms with Crippen molar-refractivity contribution in [2.24, 2.45) is 5.14 Å². The van der Waals surface area contributed by atoms with Crippen molar-refractivity contribution in [2.45, 2.75) is 24.2 Å². The quantitative estimate of drug-likeness (QED) is 0.785. The van der Waals surface area contributed by atoms with Gasteiger partial charge in [-0.25, -0.2) is 13.6 Å². The number of anilines is 1. The van der Waals surface area contributed by atoms with Crippen LogP contribution >= 0.6 is 0 Å². The molecule has 4 N–H and O–H groups in total. The van der Waals surface area contributed by atoms with Crippen LogP contribution in [0.4, 0.5) is 5.69 Å². The van der Waals surface area contributed by atoms with Crippen LogP contribution in [0.25, 0.3) is 5.57 Å². The van der Waals surface area contributed by atoms with E-state index in [0.717, 1.165) is 24.8 Å². The number of sulfonamides is 1. The van der Waals surface area contributed by atoms with Crippen LogP contribution in [0.3, 0.4) is 0 Å². The van der Waals surface area contributed by atoms with Gasteiger partial charge in [-0.05, 0) is 36.5 Å². The van der Waals surface area contributed by atoms with Crippen molar-refractivity contribution in [3.05, 3.63) is 29.3 Å². The van der Waals surface area contributed by atoms with E-state index in [1.165, 1.54) is 6.07 Å². The molecule has 0 atom stereocenters. The fourth-order valence-corrected chi connectivity index (χ4v) is 3.04. The highest BCUT2D eigenvalue weighted by Gasteiger charge is 2.23. The predicted octanol–water partition coefficient (Wildman–Crippen LogP) is 1.36. The lowest BCUT2D eigenvalue weighted by Gasteiger charge is -2.11. The van der Waals surface area contributed by atoms with Crippen molar-refractivity contribution in [1.82, 2.24) is 0 Å². The molecule has 0 aliphatic heterocycles. The first-order valence-corrected chi connectivity index (χ1v) is 7.04. The third-order valence-corrected chi connectivity index (χ3v) is 3.98. The normalized spacial score (nSPS) is 15.2. The summed E-state index contributed by atoms with van der Waals surface area (Å²) in [5.74, 6) is 0. The van der Waals surface area contributed by atoms with E-state index in [9.17, 15) is 13.7 Å². The number of nitrogen functional groups attached to an aromatic ring is 1. The molecule has 0 heterocycles. The highest BCUT2D eigenvalue weighted by atomic mass is 32.2. The van der Waals surface area contributed by atoms with E-state index in [0.29, 0.717) is 5.56 Å². The number of rotatable bonds is 2. The molecule has 0 radical (unpaired) electrons. The Bertz CT molecular complexity index is 669. The number of benzene rings is 1. The van der Waals surface area contributed by atoms with E-state index < -0.39 is 10.0 Å². The largest absolute Gasteiger partial charge is 0.398 e. The van der Waals surface area contributed by atoms with E-state index in [4.69, 9.17) is 10.9 Å². The minimum absolute atomic E-state index is 0.0106. The summed E-state index contributed by atoms with van der Waals surface area (Å²) in [5.41, 5.74) is 7.28. The van der Waals surface area contributed by atoms with Crippen LogP contribution in [0, 0.1) is 11.3 Å². The van der Waals surface area contributed by atoms with Crippen LogP contribution in [0.5, 0.6) is 0 Å². The zero-order chi connectivity index (χ0) is 13.3. The maximum absolute atomic E-state index is 11.5. The van der Waals surface area contributed by atoms with Crippen LogP contribution in [-0.2, 0) is 10.0 Å². The van der Waals surface area contributed by atoms with Crippen LogP contribution in [0.2, 0.25) is 0 Å². The second kappa shape index (κ2) is 4.44. The van der Waals surface area contributed by atoms with E-state index in [2.05, 4.69) is 0 Å². The Morgan fingerprint density at radius 3 is 2.56 bits per heavy atom. The topological polar surface area (TPSA) is 110 Å². The molecule has 0 spiro atoms. The third-order valence-electron chi connectivity index (χ3n) is 2.97. The van der Waals surface area contributed by atoms with Crippen LogP contribution in [0.15, 0.2) is 23.1 Å². The van der Waals surface area contributed by atoms with E-state index in [1.807, 2.05) is 12.1 Å². The Morgan fingerprint density at radius 2 is 2.06 bits per heavy atom. The average Bonchev–Trinajstić information content (AvgIpc) is 2.80. The first-order chi connectivity index (χ1) is 8.45. The minimum Gasteiger partial charge on any atom is -0.398 e. The maximum atomic E-state index is 11.5. The second-order valence-electron chi connectivity index (χ2n) is 4.18. The first-order valence-electron chi connectivity index (χ1n) is 5.50. The van der Waals surface area contributed by atoms with Crippen molar-refractivity contribution in [3.63, 3.8) is 0 Å². The number of nitriles is 1. The van der Waals surface area contributed by atoms with Crippen molar-refractivity contribution in [3.8, 4) is 6.07 Å². The highest BCUT2D eigenvalue weighted by molar-refractivity contribution is 7.89. The number of primary sulfonamides is 1. The van der Waals surface area contributed by atoms with Crippen molar-refractivity contribution < 1.29 is 8.42 Å². The summed E-state index contributed by atoms with van der Waals surface area (Å²) in [7, 11) is -4.00. The molecule has 0 saturated carbocycles. The molecular formula is C12H13N3O2S. The van der Waals surface area contributed by atoms with Gasteiger partial charge in [0, 0.05) is 0 Å². The summed E-state index contributed by atoms with van der Waals surface area (Å²) in [6.45, 7) is 0. The lowest BCUT2D eigenvalue weighted by molar-refractivity contribution is 0.598. The molecule has 94 valence electrons. The van der Waals surface area contributed by atoms with Crippen molar-refractivity contribution in [1.29, 1.82) is 5.26 Å². The Kier molecular flexibility index (Phi) is 3.11. The summed E-state index contributed by atoms with van der Waals surface area (Å²) >= 11 is 0. The third kappa shape index (κ3) is 2.10. The lowest BCUT2D eigenvalue weighted by Crippen LogP contribution is -2.17. The molecule has 1 aliphatic rings. The fraction of sp³-hybridized carbons (Fsp3) is 0.250. The molecule has 1 aliphatic carbocycles. The van der Waals surface area contributed by atoms with Gasteiger partial charge in [0.05, 0.1) is 11.3 Å². The molecule has 0 saturated heterocycles. The van der Waals surface area contributed by atoms with Gasteiger partial charge in [0.1, 0.15) is 11.0 Å². The minimum atomic E-state index is -4.00. The second-order valence-corrected chi connectivity index (χ2v) is 5.68. The Balaban J connectivity index is 2.76. The standard InChI is InChI=1S/C12H13N3O2S/c13-7-10-9(8-3-1-2-4-8)5-6-11(14)12(10)18(15,16)17/h3,5-6H,1-2,4,14H2,(H2,15,16,17). The van der Waals surface area contributed by atoms with E-state index >= 15 is 0 Å². The zero-order valence-electron chi connectivity index (χ0n) is 9.68. The fourth-order valence-electron chi connectivity index (χ4n) is 2.20. The van der Waals surface area contributed by atoms with Gasteiger partial charge in [0.25, 0.3) is 0 Å². The molecule has 0 amide bonds. The van der Waals surface area contributed by atoms with Crippen LogP contribution in [0.1, 0.15) is 30.4 Å². The monoisotopic (exact) mass is 263 g/mol. The van der Waals surface area contributed by atoms with Gasteiger partial charge in [-0.3, -0.25) is 0 Å². The van der Waals surface area contributed by atoms with Gasteiger partial charge in [-0.15, -0.1) is 0 Å². The van der Waals surface area contributed by atoms with Gasteiger partial charge >= 0.3 is 0 Å². The number of allylic oxidation sites excluding steroid dienone is 2. The van der Waals surface area contributed by atoms with E-state index in [-0.39, 0.29) is 16.1 Å². The summed E-state index contributed by atoms with van der Waals surface area (Å²) in [6, 6.07) is 5.07. The first kappa shape index (κ1) is 12.6.